The second-order valence-electron chi connectivity index (χ2n) is 5.23. The van der Waals surface area contributed by atoms with Crippen LogP contribution in [0.4, 0.5) is 0 Å². The van der Waals surface area contributed by atoms with Crippen LogP contribution in [0.3, 0.4) is 0 Å². The maximum atomic E-state index is 5.47. The smallest absolute Gasteiger partial charge is 0.193 e. The van der Waals surface area contributed by atoms with E-state index in [4.69, 9.17) is 4.74 Å². The monoisotopic (exact) mass is 276 g/mol. The second kappa shape index (κ2) is 6.61. The highest BCUT2D eigenvalue weighted by Gasteiger charge is 2.20. The standard InChI is InChI=1S/C15H24N4O/c1-18(2)13(11-17-15-16-9-10-19(15)3)12-7-5-6-8-14(12)20-4/h5-8,13H,9-11H2,1-4H3,(H,16,17). The summed E-state index contributed by atoms with van der Waals surface area (Å²) in [7, 11) is 7.94. The Morgan fingerprint density at radius 1 is 1.40 bits per heavy atom. The summed E-state index contributed by atoms with van der Waals surface area (Å²) < 4.78 is 5.47. The molecule has 5 heteroatoms. The van der Waals surface area contributed by atoms with Crippen LogP contribution in [0, 0.1) is 0 Å². The molecule has 0 bridgehead atoms. The summed E-state index contributed by atoms with van der Waals surface area (Å²) in [6.45, 7) is 2.67. The van der Waals surface area contributed by atoms with Crippen molar-refractivity contribution in [3.8, 4) is 5.75 Å². The van der Waals surface area contributed by atoms with E-state index in [1.54, 1.807) is 7.11 Å². The number of aliphatic imine (C=N–C) groups is 1. The first-order chi connectivity index (χ1) is 9.63. The fourth-order valence-corrected chi connectivity index (χ4v) is 2.42. The van der Waals surface area contributed by atoms with Crippen molar-refractivity contribution in [3.05, 3.63) is 29.8 Å². The van der Waals surface area contributed by atoms with E-state index in [1.165, 1.54) is 5.56 Å². The number of para-hydroxylation sites is 1. The summed E-state index contributed by atoms with van der Waals surface area (Å²) in [6, 6.07) is 8.41. The molecular weight excluding hydrogens is 252 g/mol. The van der Waals surface area contributed by atoms with Crippen molar-refractivity contribution < 1.29 is 4.74 Å². The van der Waals surface area contributed by atoms with Crippen LogP contribution in [0.5, 0.6) is 5.75 Å². The third-order valence-electron chi connectivity index (χ3n) is 3.63. The van der Waals surface area contributed by atoms with Crippen molar-refractivity contribution in [1.82, 2.24) is 15.1 Å². The van der Waals surface area contributed by atoms with Gasteiger partial charge in [0.25, 0.3) is 0 Å². The molecule has 0 spiro atoms. The Morgan fingerprint density at radius 2 is 2.15 bits per heavy atom. The van der Waals surface area contributed by atoms with Gasteiger partial charge < -0.3 is 19.9 Å². The highest BCUT2D eigenvalue weighted by molar-refractivity contribution is 5.81. The fraction of sp³-hybridized carbons (Fsp3) is 0.533. The minimum atomic E-state index is 0.239. The van der Waals surface area contributed by atoms with Crippen LogP contribution in [-0.4, -0.2) is 63.6 Å². The minimum absolute atomic E-state index is 0.239. The van der Waals surface area contributed by atoms with Crippen LogP contribution in [0.25, 0.3) is 0 Å². The lowest BCUT2D eigenvalue weighted by Crippen LogP contribution is -2.40. The maximum absolute atomic E-state index is 5.47. The molecule has 1 N–H and O–H groups in total. The van der Waals surface area contributed by atoms with Crippen LogP contribution in [-0.2, 0) is 0 Å². The van der Waals surface area contributed by atoms with Gasteiger partial charge in [0.2, 0.25) is 0 Å². The van der Waals surface area contributed by atoms with Crippen LogP contribution in [0.2, 0.25) is 0 Å². The molecule has 0 aromatic heterocycles. The number of methoxy groups -OCH3 is 1. The Bertz CT molecular complexity index is 473. The lowest BCUT2D eigenvalue weighted by molar-refractivity contribution is 0.286. The van der Waals surface area contributed by atoms with Gasteiger partial charge in [-0.2, -0.15) is 0 Å². The van der Waals surface area contributed by atoms with Crippen molar-refractivity contribution in [2.75, 3.05) is 47.9 Å². The molecule has 20 heavy (non-hydrogen) atoms. The van der Waals surface area contributed by atoms with Crippen LogP contribution in [0.1, 0.15) is 11.6 Å². The van der Waals surface area contributed by atoms with Gasteiger partial charge in [-0.3, -0.25) is 4.99 Å². The molecule has 2 rings (SSSR count). The summed E-state index contributed by atoms with van der Waals surface area (Å²) in [5.41, 5.74) is 1.19. The zero-order chi connectivity index (χ0) is 14.5. The van der Waals surface area contributed by atoms with Gasteiger partial charge in [0.1, 0.15) is 5.75 Å². The first-order valence-electron chi connectivity index (χ1n) is 6.92. The molecule has 1 aromatic carbocycles. The molecule has 0 amide bonds. The molecule has 1 atom stereocenters. The highest BCUT2D eigenvalue weighted by Crippen LogP contribution is 2.27. The van der Waals surface area contributed by atoms with E-state index in [1.807, 2.05) is 18.2 Å². The SMILES string of the molecule is COc1ccccc1C(CNC1=NCCN1C)N(C)C. The molecule has 1 heterocycles. The minimum Gasteiger partial charge on any atom is -0.496 e. The second-order valence-corrected chi connectivity index (χ2v) is 5.23. The maximum Gasteiger partial charge on any atom is 0.193 e. The summed E-state index contributed by atoms with van der Waals surface area (Å²) >= 11 is 0. The van der Waals surface area contributed by atoms with Gasteiger partial charge in [0, 0.05) is 25.7 Å². The van der Waals surface area contributed by atoms with Crippen LogP contribution in [0.15, 0.2) is 29.3 Å². The molecule has 0 fully saturated rings. The van der Waals surface area contributed by atoms with Gasteiger partial charge >= 0.3 is 0 Å². The predicted molar refractivity (Wildman–Crippen MR) is 82.4 cm³/mol. The Balaban J connectivity index is 2.11. The number of rotatable bonds is 5. The Kier molecular flexibility index (Phi) is 4.84. The Morgan fingerprint density at radius 3 is 2.75 bits per heavy atom. The number of hydrogen-bond acceptors (Lipinski definition) is 5. The predicted octanol–water partition coefficient (Wildman–Crippen LogP) is 1.19. The molecule has 1 aliphatic rings. The normalized spacial score (nSPS) is 16.2. The van der Waals surface area contributed by atoms with E-state index in [-0.39, 0.29) is 6.04 Å². The molecule has 110 valence electrons. The Labute approximate surface area is 121 Å². The number of nitrogens with zero attached hydrogens (tertiary/aromatic N) is 3. The van der Waals surface area contributed by atoms with Crippen molar-refractivity contribution in [2.45, 2.75) is 6.04 Å². The molecule has 0 radical (unpaired) electrons. The quantitative estimate of drug-likeness (QED) is 0.877. The number of likely N-dealkylation sites (N-methyl/N-ethyl adjacent to an activating group) is 2. The average Bonchev–Trinajstić information content (AvgIpc) is 2.85. The van der Waals surface area contributed by atoms with E-state index >= 15 is 0 Å². The number of benzene rings is 1. The van der Waals surface area contributed by atoms with E-state index in [0.717, 1.165) is 31.3 Å². The zero-order valence-corrected chi connectivity index (χ0v) is 12.8. The van der Waals surface area contributed by atoms with Crippen molar-refractivity contribution in [1.29, 1.82) is 0 Å². The van der Waals surface area contributed by atoms with Gasteiger partial charge in [0.05, 0.1) is 19.7 Å². The van der Waals surface area contributed by atoms with E-state index < -0.39 is 0 Å². The number of nitrogens with one attached hydrogen (secondary N) is 1. The molecule has 0 aliphatic carbocycles. The zero-order valence-electron chi connectivity index (χ0n) is 12.8. The molecule has 1 unspecified atom stereocenters. The highest BCUT2D eigenvalue weighted by atomic mass is 16.5. The average molecular weight is 276 g/mol. The van der Waals surface area contributed by atoms with Gasteiger partial charge in [-0.25, -0.2) is 0 Å². The molecule has 1 aromatic rings. The van der Waals surface area contributed by atoms with E-state index in [0.29, 0.717) is 0 Å². The molecular formula is C15H24N4O. The third-order valence-corrected chi connectivity index (χ3v) is 3.63. The Hall–Kier alpha value is -1.75. The van der Waals surface area contributed by atoms with Gasteiger partial charge in [-0.05, 0) is 20.2 Å². The van der Waals surface area contributed by atoms with Crippen LogP contribution < -0.4 is 10.1 Å². The number of ether oxygens (including phenoxy) is 1. The van der Waals surface area contributed by atoms with Crippen LogP contribution >= 0.6 is 0 Å². The van der Waals surface area contributed by atoms with Crippen molar-refractivity contribution in [2.24, 2.45) is 4.99 Å². The van der Waals surface area contributed by atoms with E-state index in [2.05, 4.69) is 47.3 Å². The molecule has 0 saturated carbocycles. The summed E-state index contributed by atoms with van der Waals surface area (Å²) in [5, 5.41) is 3.44. The van der Waals surface area contributed by atoms with Crippen molar-refractivity contribution in [3.63, 3.8) is 0 Å². The van der Waals surface area contributed by atoms with Gasteiger partial charge in [0.15, 0.2) is 5.96 Å². The largest absolute Gasteiger partial charge is 0.496 e. The van der Waals surface area contributed by atoms with Gasteiger partial charge in [-0.15, -0.1) is 0 Å². The van der Waals surface area contributed by atoms with Crippen molar-refractivity contribution >= 4 is 5.96 Å². The topological polar surface area (TPSA) is 40.1 Å². The van der Waals surface area contributed by atoms with Gasteiger partial charge in [-0.1, -0.05) is 18.2 Å². The first-order valence-corrected chi connectivity index (χ1v) is 6.92. The summed E-state index contributed by atoms with van der Waals surface area (Å²) in [5.74, 6) is 1.90. The summed E-state index contributed by atoms with van der Waals surface area (Å²) in [4.78, 5) is 8.81. The lowest BCUT2D eigenvalue weighted by atomic mass is 10.0. The first kappa shape index (κ1) is 14.7. The van der Waals surface area contributed by atoms with E-state index in [9.17, 15) is 0 Å². The fourth-order valence-electron chi connectivity index (χ4n) is 2.42. The number of guanidine groups is 1. The number of hydrogen-bond donors (Lipinski definition) is 1. The lowest BCUT2D eigenvalue weighted by Gasteiger charge is -2.27. The third kappa shape index (κ3) is 3.22. The molecule has 5 nitrogen and oxygen atoms in total. The molecule has 0 saturated heterocycles. The molecule has 1 aliphatic heterocycles. The summed E-state index contributed by atoms with van der Waals surface area (Å²) in [6.07, 6.45) is 0.